The summed E-state index contributed by atoms with van der Waals surface area (Å²) >= 11 is 0. The summed E-state index contributed by atoms with van der Waals surface area (Å²) in [5.41, 5.74) is -0.880. The van der Waals surface area contributed by atoms with Crippen LogP contribution in [0.25, 0.3) is 22.2 Å². The second-order valence-corrected chi connectivity index (χ2v) is 17.7. The van der Waals surface area contributed by atoms with Crippen LogP contribution in [0.3, 0.4) is 0 Å². The second kappa shape index (κ2) is 16.1. The third kappa shape index (κ3) is 8.63. The topological polar surface area (TPSA) is 214 Å². The van der Waals surface area contributed by atoms with Crippen molar-refractivity contribution < 1.29 is 47.0 Å². The van der Waals surface area contributed by atoms with Gasteiger partial charge in [-0.15, -0.1) is 6.58 Å². The highest BCUT2D eigenvalue weighted by Crippen LogP contribution is 2.46. The Morgan fingerprint density at radius 1 is 1.09 bits per heavy atom. The van der Waals surface area contributed by atoms with E-state index in [9.17, 15) is 37.5 Å². The normalized spacial score (nSPS) is 21.9. The summed E-state index contributed by atoms with van der Waals surface area (Å²) in [4.78, 5) is 74.9. The van der Waals surface area contributed by atoms with Gasteiger partial charge in [0.05, 0.1) is 30.1 Å². The Kier molecular flexibility index (Phi) is 11.6. The number of nitrogens with zero attached hydrogens (tertiary/aromatic N) is 3. The first-order chi connectivity index (χ1) is 27.4. The van der Waals surface area contributed by atoms with Crippen molar-refractivity contribution in [3.63, 3.8) is 0 Å². The predicted molar refractivity (Wildman–Crippen MR) is 214 cm³/mol. The van der Waals surface area contributed by atoms with E-state index in [4.69, 9.17) is 14.5 Å². The monoisotopic (exact) mass is 816 g/mol. The number of ether oxygens (including phenoxy) is 2. The minimum atomic E-state index is -3.97. The van der Waals surface area contributed by atoms with Gasteiger partial charge >= 0.3 is 6.09 Å². The van der Waals surface area contributed by atoms with Crippen LogP contribution < -0.4 is 24.8 Å². The number of hydrogen-bond donors (Lipinski definition) is 4. The summed E-state index contributed by atoms with van der Waals surface area (Å²) in [5.74, 6) is -2.83. The Morgan fingerprint density at radius 3 is 2.38 bits per heavy atom. The molecule has 0 unspecified atom stereocenters. The summed E-state index contributed by atoms with van der Waals surface area (Å²) in [6.45, 7) is 11.3. The quantitative estimate of drug-likeness (QED) is 0.129. The molecular formula is C41H48N6O10S. The zero-order valence-corrected chi connectivity index (χ0v) is 33.6. The lowest BCUT2D eigenvalue weighted by molar-refractivity contribution is -0.144. The molecule has 2 saturated carbocycles. The molecule has 1 saturated heterocycles. The lowest BCUT2D eigenvalue weighted by Crippen LogP contribution is -2.63. The molecule has 5 amide bonds. The molecule has 3 aromatic rings. The molecule has 1 aromatic heterocycles. The van der Waals surface area contributed by atoms with Gasteiger partial charge in [-0.1, -0.05) is 43.0 Å². The maximum atomic E-state index is 14.8. The van der Waals surface area contributed by atoms with Crippen LogP contribution >= 0.6 is 0 Å². The number of rotatable bonds is 15. The number of carbonyl (C=O) groups is 5. The fraction of sp³-hybridized carbons (Fsp3) is 0.415. The van der Waals surface area contributed by atoms with E-state index in [2.05, 4.69) is 28.5 Å². The van der Waals surface area contributed by atoms with Gasteiger partial charge in [0.15, 0.2) is 0 Å². The molecule has 4 N–H and O–H groups in total. The summed E-state index contributed by atoms with van der Waals surface area (Å²) in [5, 5.41) is 15.6. The number of hydrogen-bond acceptors (Lipinski definition) is 10. The maximum absolute atomic E-state index is 14.8. The van der Waals surface area contributed by atoms with Crippen LogP contribution in [0, 0.1) is 5.92 Å². The molecule has 1 aliphatic heterocycles. The number of carboxylic acid groups (broad SMARTS) is 1. The third-order valence-corrected chi connectivity index (χ3v) is 12.4. The Labute approximate surface area is 336 Å². The fourth-order valence-electron chi connectivity index (χ4n) is 7.37. The first-order valence-electron chi connectivity index (χ1n) is 18.9. The van der Waals surface area contributed by atoms with E-state index in [1.165, 1.54) is 18.1 Å². The highest BCUT2D eigenvalue weighted by atomic mass is 32.2. The Bertz CT molecular complexity index is 2260. The zero-order valence-electron chi connectivity index (χ0n) is 32.8. The van der Waals surface area contributed by atoms with Crippen LogP contribution in [0.4, 0.5) is 4.79 Å². The van der Waals surface area contributed by atoms with E-state index in [0.717, 1.165) is 16.5 Å². The minimum absolute atomic E-state index is 0.0661. The molecule has 58 heavy (non-hydrogen) atoms. The molecule has 3 fully saturated rings. The Morgan fingerprint density at radius 2 is 1.79 bits per heavy atom. The molecule has 308 valence electrons. The average molecular weight is 817 g/mol. The maximum Gasteiger partial charge on any atom is 0.408 e. The highest BCUT2D eigenvalue weighted by Gasteiger charge is 2.62. The summed E-state index contributed by atoms with van der Waals surface area (Å²) < 4.78 is 39.8. The molecule has 17 heteroatoms. The van der Waals surface area contributed by atoms with Gasteiger partial charge in [-0.2, -0.15) is 0 Å². The number of sulfonamides is 1. The fourth-order valence-corrected chi connectivity index (χ4v) is 8.73. The lowest BCUT2D eigenvalue weighted by Gasteiger charge is -2.40. The summed E-state index contributed by atoms with van der Waals surface area (Å²) in [7, 11) is -2.44. The largest absolute Gasteiger partial charge is 0.497 e. The van der Waals surface area contributed by atoms with Crippen LogP contribution in [0.1, 0.15) is 46.5 Å². The van der Waals surface area contributed by atoms with E-state index in [0.29, 0.717) is 40.9 Å². The molecule has 2 heterocycles. The first kappa shape index (κ1) is 41.7. The van der Waals surface area contributed by atoms with Crippen LogP contribution in [0.2, 0.25) is 0 Å². The van der Waals surface area contributed by atoms with Gasteiger partial charge in [0.25, 0.3) is 5.91 Å². The van der Waals surface area contributed by atoms with Gasteiger partial charge in [0.1, 0.15) is 35.2 Å². The van der Waals surface area contributed by atoms with E-state index in [1.54, 1.807) is 45.0 Å². The van der Waals surface area contributed by atoms with Crippen LogP contribution in [-0.2, 0) is 29.2 Å². The second-order valence-electron chi connectivity index (χ2n) is 15.7. The molecule has 16 nitrogen and oxygen atoms in total. The number of carbonyl (C=O) groups excluding carboxylic acids is 4. The first-order valence-corrected chi connectivity index (χ1v) is 20.4. The lowest BCUT2D eigenvalue weighted by atomic mass is 10.0. The van der Waals surface area contributed by atoms with E-state index < -0.39 is 86.7 Å². The van der Waals surface area contributed by atoms with E-state index in [1.807, 2.05) is 30.3 Å². The Hall–Kier alpha value is -5.97. The van der Waals surface area contributed by atoms with Gasteiger partial charge in [-0.25, -0.2) is 18.2 Å². The van der Waals surface area contributed by atoms with Gasteiger partial charge in [0, 0.05) is 47.5 Å². The van der Waals surface area contributed by atoms with Crippen molar-refractivity contribution in [1.29, 1.82) is 0 Å². The Balaban J connectivity index is 1.38. The van der Waals surface area contributed by atoms with Gasteiger partial charge in [0.2, 0.25) is 27.7 Å². The molecule has 0 spiro atoms. The highest BCUT2D eigenvalue weighted by molar-refractivity contribution is 7.91. The number of amides is 5. The summed E-state index contributed by atoms with van der Waals surface area (Å²) in [6.07, 6.45) is 0.915. The predicted octanol–water partition coefficient (Wildman–Crippen LogP) is 3.38. The number of benzene rings is 2. The number of methoxy groups -OCH3 is 1. The number of likely N-dealkylation sites (tertiary alicyclic amines) is 1. The number of pyridine rings is 1. The van der Waals surface area contributed by atoms with Gasteiger partial charge in [-0.3, -0.25) is 28.8 Å². The van der Waals surface area contributed by atoms with Crippen molar-refractivity contribution in [2.45, 2.75) is 81.0 Å². The molecular weight excluding hydrogens is 769 g/mol. The van der Waals surface area contributed by atoms with Crippen molar-refractivity contribution in [3.05, 3.63) is 79.9 Å². The smallest absolute Gasteiger partial charge is 0.408 e. The average Bonchev–Trinajstić information content (AvgIpc) is 4.12. The van der Waals surface area contributed by atoms with Crippen molar-refractivity contribution in [3.8, 4) is 22.8 Å². The number of fused-ring (bicyclic) bond motifs is 1. The van der Waals surface area contributed by atoms with Crippen molar-refractivity contribution in [2.24, 2.45) is 5.92 Å². The van der Waals surface area contributed by atoms with Crippen LogP contribution in [0.5, 0.6) is 11.5 Å². The van der Waals surface area contributed by atoms with Gasteiger partial charge < -0.3 is 30.1 Å². The number of aromatic nitrogens is 1. The molecule has 0 radical (unpaired) electrons. The number of nitrogens with one attached hydrogen (secondary N) is 3. The summed E-state index contributed by atoms with van der Waals surface area (Å²) in [6, 6.07) is 13.6. The third-order valence-electron chi connectivity index (χ3n) is 10.6. The molecule has 5 atom stereocenters. The molecule has 6 rings (SSSR count). The molecule has 0 bridgehead atoms. The van der Waals surface area contributed by atoms with E-state index >= 15 is 0 Å². The zero-order chi connectivity index (χ0) is 42.2. The van der Waals surface area contributed by atoms with E-state index in [-0.39, 0.29) is 19.4 Å². The van der Waals surface area contributed by atoms with Crippen LogP contribution in [0.15, 0.2) is 79.9 Å². The van der Waals surface area contributed by atoms with Crippen molar-refractivity contribution in [1.82, 2.24) is 30.1 Å². The van der Waals surface area contributed by atoms with Crippen molar-refractivity contribution in [2.75, 3.05) is 20.2 Å². The molecule has 2 aliphatic carbocycles. The minimum Gasteiger partial charge on any atom is -0.497 e. The van der Waals surface area contributed by atoms with Gasteiger partial charge in [-0.05, 0) is 58.2 Å². The van der Waals surface area contributed by atoms with Crippen LogP contribution in [-0.4, -0.2) is 113 Å². The molecule has 2 aromatic carbocycles. The van der Waals surface area contributed by atoms with Crippen molar-refractivity contribution >= 4 is 50.6 Å². The standard InChI is InChI=1S/C41H48N6O10S/c1-7-25-21-41(25,38(51)45-58(54,55)28-15-16-28)44-36(49)32-19-27(23-46(32)37(50)33(22-42-35(48)8-2)47(39(52)53)40(3,4)5)57-34-20-30(24-12-10-9-11-13-24)43-31-18-26(56-6)14-17-29(31)34/h7-14,17-18,20,25,27-28,32-33H,1-2,15-16,19,21-23H2,3-6H3,(H,42,48)(H,44,49)(H,45,51)(H,52,53)/t25-,27-,32+,33+,41-/m1/s1. The SMILES string of the molecule is C=CC(=O)NC[C@@H](C(=O)N1C[C@H](Oc2cc(-c3ccccc3)nc3cc(OC)ccc23)C[C@H]1C(=O)N[C@]1(C(=O)NS(=O)(=O)C2CC2)C[C@H]1C=C)N(C(=O)O)C(C)(C)C. The molecule has 3 aliphatic rings.